The molecule has 0 fully saturated rings. The molecule has 4 nitrogen and oxygen atoms in total. The van der Waals surface area contributed by atoms with Gasteiger partial charge in [-0.1, -0.05) is 25.1 Å². The highest BCUT2D eigenvalue weighted by Gasteiger charge is 2.39. The summed E-state index contributed by atoms with van der Waals surface area (Å²) >= 11 is -2.82. The quantitative estimate of drug-likeness (QED) is 0.875. The van der Waals surface area contributed by atoms with Gasteiger partial charge in [0, 0.05) is 28.4 Å². The predicted octanol–water partition coefficient (Wildman–Crippen LogP) is 2.91. The summed E-state index contributed by atoms with van der Waals surface area (Å²) in [4.78, 5) is 13.4. The summed E-state index contributed by atoms with van der Waals surface area (Å²) in [5, 5.41) is 9.27. The maximum atomic E-state index is 12.7. The minimum Gasteiger partial charge on any atom is -0.606 e. The van der Waals surface area contributed by atoms with Crippen LogP contribution in [0.1, 0.15) is 24.8 Å². The number of aliphatic carboxylic acids is 1. The lowest BCUT2D eigenvalue weighted by molar-refractivity contribution is -0.138. The molecule has 3 unspecified atom stereocenters. The Morgan fingerprint density at radius 3 is 2.14 bits per heavy atom. The first-order valence-corrected chi connectivity index (χ1v) is 9.14. The van der Waals surface area contributed by atoms with E-state index >= 15 is 0 Å². The molecule has 3 rings (SSSR count). The van der Waals surface area contributed by atoms with Crippen LogP contribution >= 0.6 is 0 Å². The Morgan fingerprint density at radius 1 is 1.05 bits per heavy atom. The van der Waals surface area contributed by atoms with Crippen LogP contribution in [0.25, 0.3) is 0 Å². The Hall–Kier alpha value is -1.47. The topological polar surface area (TPSA) is 83.4 Å². The van der Waals surface area contributed by atoms with Crippen molar-refractivity contribution < 1.29 is 19.0 Å². The molecule has 0 aromatic heterocycles. The number of benzene rings is 2. The van der Waals surface area contributed by atoms with Gasteiger partial charge in [-0.3, -0.25) is 4.79 Å². The molecule has 1 aliphatic heterocycles. The van der Waals surface area contributed by atoms with Gasteiger partial charge in [-0.2, -0.15) is 0 Å². The van der Waals surface area contributed by atoms with Gasteiger partial charge < -0.3 is 14.2 Å². The highest BCUT2D eigenvalue weighted by atomic mass is 32.2. The monoisotopic (exact) mass is 334 g/mol. The molecule has 1 heterocycles. The van der Waals surface area contributed by atoms with Crippen LogP contribution in [0, 0.1) is 0 Å². The number of carbonyl (C=O) groups is 1. The molecule has 0 spiro atoms. The summed E-state index contributed by atoms with van der Waals surface area (Å²) in [5.41, 5.74) is 0.596. The lowest BCUT2D eigenvalue weighted by atomic mass is 9.97. The number of hydrogen-bond donors (Lipinski definition) is 1. The van der Waals surface area contributed by atoms with Crippen molar-refractivity contribution in [2.75, 3.05) is 0 Å². The Labute approximate surface area is 134 Å². The fourth-order valence-corrected chi connectivity index (χ4v) is 5.80. The normalized spacial score (nSPS) is 20.9. The van der Waals surface area contributed by atoms with E-state index in [2.05, 4.69) is 0 Å². The van der Waals surface area contributed by atoms with Crippen molar-refractivity contribution >= 4 is 28.3 Å². The van der Waals surface area contributed by atoms with Crippen LogP contribution < -0.4 is 0 Å². The lowest BCUT2D eigenvalue weighted by Gasteiger charge is -2.23. The van der Waals surface area contributed by atoms with Crippen molar-refractivity contribution in [3.8, 4) is 0 Å². The van der Waals surface area contributed by atoms with Gasteiger partial charge in [0.25, 0.3) is 0 Å². The molecule has 22 heavy (non-hydrogen) atoms. The number of rotatable bonds is 3. The third kappa shape index (κ3) is 2.42. The number of carboxylic acid groups (broad SMARTS) is 1. The van der Waals surface area contributed by atoms with E-state index in [1.165, 1.54) is 0 Å². The summed E-state index contributed by atoms with van der Waals surface area (Å²) in [6.45, 7) is 1.79. The van der Waals surface area contributed by atoms with Crippen LogP contribution in [0.2, 0.25) is 0 Å². The van der Waals surface area contributed by atoms with E-state index in [0.29, 0.717) is 31.6 Å². The van der Waals surface area contributed by atoms with E-state index in [9.17, 15) is 19.0 Å². The van der Waals surface area contributed by atoms with E-state index in [-0.39, 0.29) is 0 Å². The number of hydrogen-bond acceptors (Lipinski definition) is 3. The van der Waals surface area contributed by atoms with Crippen LogP contribution in [0.5, 0.6) is 0 Å². The molecule has 0 saturated heterocycles. The molecule has 1 aliphatic rings. The molecule has 3 atom stereocenters. The van der Waals surface area contributed by atoms with Crippen LogP contribution in [0.15, 0.2) is 62.0 Å². The van der Waals surface area contributed by atoms with Gasteiger partial charge in [-0.05, 0) is 30.2 Å². The van der Waals surface area contributed by atoms with Crippen LogP contribution in [-0.2, 0) is 27.1 Å². The molecule has 0 radical (unpaired) electrons. The molecule has 1 N–H and O–H groups in total. The van der Waals surface area contributed by atoms with E-state index in [1.807, 2.05) is 0 Å². The third-order valence-electron chi connectivity index (χ3n) is 3.72. The van der Waals surface area contributed by atoms with E-state index < -0.39 is 34.2 Å². The number of carboxylic acids is 1. The Balaban J connectivity index is 2.11. The van der Waals surface area contributed by atoms with Crippen molar-refractivity contribution in [1.82, 2.24) is 0 Å². The zero-order valence-corrected chi connectivity index (χ0v) is 13.4. The summed E-state index contributed by atoms with van der Waals surface area (Å²) < 4.78 is 25.3. The van der Waals surface area contributed by atoms with Gasteiger partial charge in [-0.25, -0.2) is 0 Å². The standard InChI is InChI=1S/C16H14O4S2/c1-2-11(16(17)18)10-7-8-14-15(9-10)22(20)13-6-4-3-5-12(13)21(14)19/h3-9,11H,2H2,1H3,(H,17,18). The second-order valence-electron chi connectivity index (χ2n) is 4.99. The molecular weight excluding hydrogens is 320 g/mol. The zero-order valence-electron chi connectivity index (χ0n) is 11.8. The minimum absolute atomic E-state index is 0.445. The van der Waals surface area contributed by atoms with Crippen LogP contribution in [0.3, 0.4) is 0 Å². The Morgan fingerprint density at radius 2 is 1.59 bits per heavy atom. The van der Waals surface area contributed by atoms with Gasteiger partial charge in [0.2, 0.25) is 19.6 Å². The highest BCUT2D eigenvalue weighted by molar-refractivity contribution is 7.97. The molecule has 0 amide bonds. The van der Waals surface area contributed by atoms with Crippen molar-refractivity contribution in [2.24, 2.45) is 0 Å². The smallest absolute Gasteiger partial charge is 0.310 e. The average Bonchev–Trinajstić information content (AvgIpc) is 2.53. The molecule has 2 aromatic rings. The first-order valence-electron chi connectivity index (χ1n) is 6.84. The largest absolute Gasteiger partial charge is 0.606 e. The van der Waals surface area contributed by atoms with Crippen molar-refractivity contribution in [3.05, 3.63) is 48.0 Å². The second kappa shape index (κ2) is 5.96. The lowest BCUT2D eigenvalue weighted by Crippen LogP contribution is -2.20. The van der Waals surface area contributed by atoms with Crippen molar-refractivity contribution in [3.63, 3.8) is 0 Å². The Kier molecular flexibility index (Phi) is 4.18. The average molecular weight is 334 g/mol. The summed E-state index contributed by atoms with van der Waals surface area (Å²) in [5.74, 6) is -1.56. The maximum Gasteiger partial charge on any atom is 0.310 e. The van der Waals surface area contributed by atoms with E-state index in [1.54, 1.807) is 49.4 Å². The summed E-state index contributed by atoms with van der Waals surface area (Å²) in [6, 6.07) is 11.9. The highest BCUT2D eigenvalue weighted by Crippen LogP contribution is 2.41. The third-order valence-corrected chi connectivity index (χ3v) is 6.99. The summed E-state index contributed by atoms with van der Waals surface area (Å²) in [7, 11) is 0. The second-order valence-corrected chi connectivity index (χ2v) is 7.82. The molecule has 0 bridgehead atoms. The first-order chi connectivity index (χ1) is 10.5. The molecular formula is C16H14O4S2. The molecule has 6 heteroatoms. The molecule has 114 valence electrons. The number of fused-ring (bicyclic) bond motifs is 2. The molecule has 0 aliphatic carbocycles. The van der Waals surface area contributed by atoms with Gasteiger partial charge in [0.05, 0.1) is 5.92 Å². The van der Waals surface area contributed by atoms with Gasteiger partial charge in [0.1, 0.15) is 0 Å². The minimum atomic E-state index is -1.44. The first kappa shape index (κ1) is 15.4. The van der Waals surface area contributed by atoms with E-state index in [4.69, 9.17) is 0 Å². The van der Waals surface area contributed by atoms with Gasteiger partial charge in [-0.15, -0.1) is 0 Å². The van der Waals surface area contributed by atoms with Crippen LogP contribution in [-0.4, -0.2) is 20.2 Å². The van der Waals surface area contributed by atoms with Crippen LogP contribution in [0.4, 0.5) is 0 Å². The van der Waals surface area contributed by atoms with Gasteiger partial charge >= 0.3 is 5.97 Å². The van der Waals surface area contributed by atoms with Crippen molar-refractivity contribution in [2.45, 2.75) is 38.8 Å². The fraction of sp³-hybridized carbons (Fsp3) is 0.188. The summed E-state index contributed by atoms with van der Waals surface area (Å²) in [6.07, 6.45) is 0.445. The van der Waals surface area contributed by atoms with Gasteiger partial charge in [0.15, 0.2) is 0 Å². The Bertz CT molecular complexity index is 732. The maximum absolute atomic E-state index is 12.7. The predicted molar refractivity (Wildman–Crippen MR) is 82.9 cm³/mol. The fourth-order valence-electron chi connectivity index (χ4n) is 2.59. The van der Waals surface area contributed by atoms with Crippen molar-refractivity contribution in [1.29, 1.82) is 0 Å². The van der Waals surface area contributed by atoms with E-state index in [0.717, 1.165) is 0 Å². The SMILES string of the molecule is CCC(C(=O)O)c1ccc2c(c1)[S+]([O-])c1ccccc1[S+]2[O-]. The molecule has 0 saturated carbocycles. The molecule has 2 aromatic carbocycles. The zero-order chi connectivity index (χ0) is 15.9.